The van der Waals surface area contributed by atoms with Gasteiger partial charge in [0.15, 0.2) is 5.65 Å². The molecule has 0 aliphatic heterocycles. The van der Waals surface area contributed by atoms with Crippen molar-refractivity contribution in [2.24, 2.45) is 0 Å². The molecule has 0 radical (unpaired) electrons. The third kappa shape index (κ3) is 4.18. The molecule has 1 unspecified atom stereocenters. The van der Waals surface area contributed by atoms with Crippen molar-refractivity contribution in [3.8, 4) is 22.4 Å². The minimum absolute atomic E-state index is 0.0285. The maximum Gasteiger partial charge on any atom is 0.203 e. The Kier molecular flexibility index (Phi) is 6.31. The number of hydrogen-bond acceptors (Lipinski definition) is 7. The van der Waals surface area contributed by atoms with E-state index in [1.54, 1.807) is 24.8 Å². The van der Waals surface area contributed by atoms with Gasteiger partial charge in [0, 0.05) is 12.7 Å². The van der Waals surface area contributed by atoms with Gasteiger partial charge in [-0.1, -0.05) is 42.5 Å². The minimum atomic E-state index is -0.739. The largest absolute Gasteiger partial charge is 0.458 e. The molecule has 0 bridgehead atoms. The second kappa shape index (κ2) is 9.97. The van der Waals surface area contributed by atoms with E-state index in [2.05, 4.69) is 9.97 Å². The summed E-state index contributed by atoms with van der Waals surface area (Å²) in [6.07, 6.45) is 1.33. The smallest absolute Gasteiger partial charge is 0.203 e. The Labute approximate surface area is 226 Å². The maximum absolute atomic E-state index is 14.8. The Bertz CT molecular complexity index is 1950. The summed E-state index contributed by atoms with van der Waals surface area (Å²) in [7, 11) is 1.63. The highest BCUT2D eigenvalue weighted by Crippen LogP contribution is 2.36. The molecule has 10 heteroatoms. The molecular weight excluding hydrogens is 516 g/mol. The molecule has 3 heterocycles. The standard InChI is InChI=1S/C30H23F2N5O3/c1-16(28-23(19-5-3-6-20(31)13-19)27(38)24-21(32)7-4-8-22(24)40-28)37-30-25(29(33)34-15-35-30)26(36-37)18-11-9-17(10-12-18)14-39-2/h3-13,15-16H,14H2,1-2H3,(H2,33,34,35). The van der Waals surface area contributed by atoms with E-state index >= 15 is 0 Å². The molecule has 0 aliphatic rings. The van der Waals surface area contributed by atoms with Crippen molar-refractivity contribution in [3.63, 3.8) is 0 Å². The Balaban J connectivity index is 1.61. The Morgan fingerprint density at radius 1 is 1.00 bits per heavy atom. The number of rotatable bonds is 6. The topological polar surface area (TPSA) is 109 Å². The summed E-state index contributed by atoms with van der Waals surface area (Å²) in [5.41, 5.74) is 8.71. The average molecular weight is 540 g/mol. The first kappa shape index (κ1) is 25.3. The summed E-state index contributed by atoms with van der Waals surface area (Å²) in [5, 5.41) is 5.15. The summed E-state index contributed by atoms with van der Waals surface area (Å²) >= 11 is 0. The van der Waals surface area contributed by atoms with Gasteiger partial charge in [-0.2, -0.15) is 5.10 Å². The fourth-order valence-corrected chi connectivity index (χ4v) is 4.93. The number of nitrogens with two attached hydrogens (primary N) is 1. The molecule has 8 nitrogen and oxygen atoms in total. The van der Waals surface area contributed by atoms with E-state index in [1.165, 1.54) is 42.7 Å². The third-order valence-electron chi connectivity index (χ3n) is 6.81. The van der Waals surface area contributed by atoms with Gasteiger partial charge in [-0.25, -0.2) is 23.4 Å². The maximum atomic E-state index is 14.8. The van der Waals surface area contributed by atoms with Gasteiger partial charge < -0.3 is 14.9 Å². The number of fused-ring (bicyclic) bond motifs is 2. The monoisotopic (exact) mass is 539 g/mol. The zero-order valence-electron chi connectivity index (χ0n) is 21.6. The zero-order chi connectivity index (χ0) is 28.0. The predicted molar refractivity (Wildman–Crippen MR) is 148 cm³/mol. The molecule has 0 fully saturated rings. The average Bonchev–Trinajstić information content (AvgIpc) is 3.34. The van der Waals surface area contributed by atoms with Crippen LogP contribution >= 0.6 is 0 Å². The van der Waals surface area contributed by atoms with E-state index in [0.717, 1.165) is 11.1 Å². The number of anilines is 1. The van der Waals surface area contributed by atoms with Crippen LogP contribution in [-0.4, -0.2) is 26.9 Å². The molecule has 0 aliphatic carbocycles. The van der Waals surface area contributed by atoms with Crippen molar-refractivity contribution in [1.82, 2.24) is 19.7 Å². The van der Waals surface area contributed by atoms with Crippen molar-refractivity contribution in [2.45, 2.75) is 19.6 Å². The van der Waals surface area contributed by atoms with Crippen LogP contribution in [-0.2, 0) is 11.3 Å². The van der Waals surface area contributed by atoms with Crippen LogP contribution in [0.2, 0.25) is 0 Å². The summed E-state index contributed by atoms with van der Waals surface area (Å²) in [4.78, 5) is 22.3. The highest BCUT2D eigenvalue weighted by atomic mass is 19.1. The number of methoxy groups -OCH3 is 1. The molecule has 2 N–H and O–H groups in total. The highest BCUT2D eigenvalue weighted by Gasteiger charge is 2.27. The molecular formula is C30H23F2N5O3. The molecule has 6 aromatic rings. The molecule has 3 aromatic heterocycles. The van der Waals surface area contributed by atoms with E-state index in [1.807, 2.05) is 24.3 Å². The van der Waals surface area contributed by atoms with E-state index in [0.29, 0.717) is 23.3 Å². The first-order valence-corrected chi connectivity index (χ1v) is 12.5. The van der Waals surface area contributed by atoms with E-state index in [4.69, 9.17) is 20.0 Å². The summed E-state index contributed by atoms with van der Waals surface area (Å²) in [5.74, 6) is -0.884. The summed E-state index contributed by atoms with van der Waals surface area (Å²) < 4.78 is 42.1. The van der Waals surface area contributed by atoms with Crippen LogP contribution in [0.4, 0.5) is 14.6 Å². The lowest BCUT2D eigenvalue weighted by molar-refractivity contribution is 0.185. The highest BCUT2D eigenvalue weighted by molar-refractivity contribution is 5.98. The van der Waals surface area contributed by atoms with Crippen molar-refractivity contribution >= 4 is 27.8 Å². The van der Waals surface area contributed by atoms with Crippen LogP contribution in [0.1, 0.15) is 24.3 Å². The molecule has 3 aromatic carbocycles. The number of benzene rings is 3. The van der Waals surface area contributed by atoms with Crippen molar-refractivity contribution in [1.29, 1.82) is 0 Å². The third-order valence-corrected chi connectivity index (χ3v) is 6.81. The molecule has 0 spiro atoms. The summed E-state index contributed by atoms with van der Waals surface area (Å²) in [6, 6.07) is 16.6. The van der Waals surface area contributed by atoms with Gasteiger partial charge >= 0.3 is 0 Å². The van der Waals surface area contributed by atoms with Gasteiger partial charge in [-0.15, -0.1) is 0 Å². The first-order valence-electron chi connectivity index (χ1n) is 12.5. The molecule has 0 amide bonds. The van der Waals surface area contributed by atoms with Gasteiger partial charge in [-0.3, -0.25) is 4.79 Å². The van der Waals surface area contributed by atoms with Gasteiger partial charge in [0.1, 0.15) is 52.2 Å². The number of halogens is 2. The second-order valence-corrected chi connectivity index (χ2v) is 9.35. The van der Waals surface area contributed by atoms with Crippen molar-refractivity contribution in [2.75, 3.05) is 12.8 Å². The normalized spacial score (nSPS) is 12.3. The molecule has 0 saturated heterocycles. The Morgan fingerprint density at radius 2 is 1.77 bits per heavy atom. The van der Waals surface area contributed by atoms with E-state index in [-0.39, 0.29) is 33.7 Å². The van der Waals surface area contributed by atoms with Crippen LogP contribution in [0.5, 0.6) is 0 Å². The Morgan fingerprint density at radius 3 is 2.52 bits per heavy atom. The molecule has 200 valence electrons. The van der Waals surface area contributed by atoms with Crippen molar-refractivity contribution in [3.05, 3.63) is 106 Å². The zero-order valence-corrected chi connectivity index (χ0v) is 21.6. The number of nitrogen functional groups attached to an aromatic ring is 1. The molecule has 40 heavy (non-hydrogen) atoms. The number of hydrogen-bond donors (Lipinski definition) is 1. The fraction of sp³-hybridized carbons (Fsp3) is 0.133. The van der Waals surface area contributed by atoms with Crippen LogP contribution in [0.3, 0.4) is 0 Å². The fourth-order valence-electron chi connectivity index (χ4n) is 4.93. The lowest BCUT2D eigenvalue weighted by atomic mass is 9.99. The molecule has 6 rings (SSSR count). The van der Waals surface area contributed by atoms with Crippen molar-refractivity contribution < 1.29 is 17.9 Å². The number of nitrogens with zero attached hydrogens (tertiary/aromatic N) is 4. The second-order valence-electron chi connectivity index (χ2n) is 9.35. The summed E-state index contributed by atoms with van der Waals surface area (Å²) in [6.45, 7) is 2.23. The van der Waals surface area contributed by atoms with Gasteiger partial charge in [0.25, 0.3) is 0 Å². The van der Waals surface area contributed by atoms with E-state index < -0.39 is 23.1 Å². The van der Waals surface area contributed by atoms with Crippen LogP contribution < -0.4 is 11.2 Å². The number of ether oxygens (including phenoxy) is 1. The first-order chi connectivity index (χ1) is 19.4. The number of aromatic nitrogens is 4. The van der Waals surface area contributed by atoms with Gasteiger partial charge in [0.2, 0.25) is 5.43 Å². The van der Waals surface area contributed by atoms with E-state index in [9.17, 15) is 13.6 Å². The predicted octanol–water partition coefficient (Wildman–Crippen LogP) is 5.88. The molecule has 1 atom stereocenters. The Hall–Kier alpha value is -4.96. The van der Waals surface area contributed by atoms with Gasteiger partial charge in [-0.05, 0) is 42.3 Å². The van der Waals surface area contributed by atoms with Crippen LogP contribution in [0.15, 0.2) is 82.3 Å². The van der Waals surface area contributed by atoms with Crippen LogP contribution in [0.25, 0.3) is 44.4 Å². The lowest BCUT2D eigenvalue weighted by Crippen LogP contribution is -2.17. The SMILES string of the molecule is COCc1ccc(-c2nn(C(C)c3oc4cccc(F)c4c(=O)c3-c3cccc(F)c3)c3ncnc(N)c23)cc1. The molecule has 0 saturated carbocycles. The van der Waals surface area contributed by atoms with Gasteiger partial charge in [0.05, 0.1) is 17.6 Å². The lowest BCUT2D eigenvalue weighted by Gasteiger charge is -2.17. The quantitative estimate of drug-likeness (QED) is 0.281. The van der Waals surface area contributed by atoms with Crippen LogP contribution in [0, 0.1) is 11.6 Å². The minimum Gasteiger partial charge on any atom is -0.458 e.